The topological polar surface area (TPSA) is 52.5 Å². The van der Waals surface area contributed by atoms with Gasteiger partial charge in [-0.1, -0.05) is 35.3 Å². The smallest absolute Gasteiger partial charge is 0.491 e. The Morgan fingerprint density at radius 1 is 1.25 bits per heavy atom. The fourth-order valence-corrected chi connectivity index (χ4v) is 3.78. The molecule has 0 bridgehead atoms. The molecule has 1 unspecified atom stereocenters. The highest BCUT2D eigenvalue weighted by Crippen LogP contribution is 2.32. The molecule has 1 heterocycles. The molecule has 1 aliphatic rings. The van der Waals surface area contributed by atoms with Gasteiger partial charge in [-0.25, -0.2) is 0 Å². The van der Waals surface area contributed by atoms with Crippen molar-refractivity contribution in [3.63, 3.8) is 0 Å². The number of halogens is 2. The first-order valence-corrected chi connectivity index (χ1v) is 7.77. The van der Waals surface area contributed by atoms with E-state index in [1.165, 1.54) is 0 Å². The molecule has 102 valence electrons. The molecule has 3 rings (SSSR count). The summed E-state index contributed by atoms with van der Waals surface area (Å²) < 4.78 is 17.7. The van der Waals surface area contributed by atoms with Gasteiger partial charge in [-0.05, 0) is 35.3 Å². The van der Waals surface area contributed by atoms with Gasteiger partial charge >= 0.3 is 7.12 Å². The van der Waals surface area contributed by atoms with Gasteiger partial charge in [0.05, 0.1) is 11.6 Å². The summed E-state index contributed by atoms with van der Waals surface area (Å²) in [6.07, 6.45) is 0. The third-order valence-electron chi connectivity index (χ3n) is 3.11. The quantitative estimate of drug-likeness (QED) is 0.681. The van der Waals surface area contributed by atoms with E-state index in [4.69, 9.17) is 27.9 Å². The van der Waals surface area contributed by atoms with Crippen LogP contribution in [-0.2, 0) is 22.4 Å². The molecule has 3 nitrogen and oxygen atoms in total. The van der Waals surface area contributed by atoms with Crippen LogP contribution in [0.4, 0.5) is 0 Å². The first kappa shape index (κ1) is 14.3. The predicted octanol–water partition coefficient (Wildman–Crippen LogP) is 2.38. The Morgan fingerprint density at radius 3 is 2.85 bits per heavy atom. The largest absolute Gasteiger partial charge is 0.606 e. The second-order valence-corrected chi connectivity index (χ2v) is 6.58. The van der Waals surface area contributed by atoms with Crippen molar-refractivity contribution in [1.82, 2.24) is 0 Å². The van der Waals surface area contributed by atoms with Gasteiger partial charge in [0.1, 0.15) is 5.02 Å². The van der Waals surface area contributed by atoms with Crippen LogP contribution >= 0.6 is 23.2 Å². The Morgan fingerprint density at radius 2 is 2.05 bits per heavy atom. The lowest BCUT2D eigenvalue weighted by atomic mass is 9.80. The molecule has 1 aliphatic heterocycles. The molecule has 1 atom stereocenters. The number of rotatable bonds is 2. The summed E-state index contributed by atoms with van der Waals surface area (Å²) in [5, 5.41) is 10.3. The van der Waals surface area contributed by atoms with Gasteiger partial charge in [-0.2, -0.15) is 0 Å². The van der Waals surface area contributed by atoms with Gasteiger partial charge in [0, 0.05) is 11.2 Å². The second kappa shape index (κ2) is 5.60. The standard InChI is InChI=1S/C13H9BCl2O3S/c15-11-2-1-3-12(13(11)16)20(18)9-5-4-8-7-19-14(17)10(8)6-9/h1-6,17H,7H2. The third kappa shape index (κ3) is 2.46. The summed E-state index contributed by atoms with van der Waals surface area (Å²) in [4.78, 5) is 1.00. The van der Waals surface area contributed by atoms with Crippen molar-refractivity contribution >= 4 is 47.0 Å². The van der Waals surface area contributed by atoms with Crippen LogP contribution in [0.5, 0.6) is 0 Å². The number of fused-ring (bicyclic) bond motifs is 1. The maximum atomic E-state index is 12.6. The average Bonchev–Trinajstić information content (AvgIpc) is 2.82. The van der Waals surface area contributed by atoms with Crippen molar-refractivity contribution in [1.29, 1.82) is 0 Å². The molecule has 1 N–H and O–H groups in total. The van der Waals surface area contributed by atoms with Crippen molar-refractivity contribution in [2.75, 3.05) is 0 Å². The van der Waals surface area contributed by atoms with E-state index in [9.17, 15) is 9.58 Å². The van der Waals surface area contributed by atoms with E-state index in [0.29, 0.717) is 26.9 Å². The van der Waals surface area contributed by atoms with Crippen LogP contribution in [-0.4, -0.2) is 16.7 Å². The van der Waals surface area contributed by atoms with E-state index in [1.54, 1.807) is 36.4 Å². The lowest BCUT2D eigenvalue weighted by molar-refractivity contribution is 0.275. The van der Waals surface area contributed by atoms with Gasteiger partial charge in [-0.15, -0.1) is 0 Å². The van der Waals surface area contributed by atoms with Gasteiger partial charge in [0.2, 0.25) is 0 Å². The zero-order valence-electron chi connectivity index (χ0n) is 10.2. The zero-order chi connectivity index (χ0) is 14.3. The van der Waals surface area contributed by atoms with Crippen LogP contribution in [0, 0.1) is 0 Å². The summed E-state index contributed by atoms with van der Waals surface area (Å²) in [5.74, 6) is 0. The fraction of sp³-hybridized carbons (Fsp3) is 0.0769. The molecule has 0 saturated heterocycles. The Kier molecular flexibility index (Phi) is 3.99. The van der Waals surface area contributed by atoms with Crippen LogP contribution in [0.1, 0.15) is 5.56 Å². The maximum Gasteiger partial charge on any atom is 0.491 e. The molecule has 0 spiro atoms. The van der Waals surface area contributed by atoms with E-state index < -0.39 is 18.3 Å². The first-order valence-electron chi connectivity index (χ1n) is 5.86. The van der Waals surface area contributed by atoms with Crippen molar-refractivity contribution in [3.05, 3.63) is 52.0 Å². The Balaban J connectivity index is 2.01. The van der Waals surface area contributed by atoms with E-state index in [1.807, 2.05) is 0 Å². The lowest BCUT2D eigenvalue weighted by Crippen LogP contribution is -2.28. The van der Waals surface area contributed by atoms with E-state index in [-0.39, 0.29) is 5.02 Å². The monoisotopic (exact) mass is 326 g/mol. The molecule has 20 heavy (non-hydrogen) atoms. The number of benzene rings is 2. The van der Waals surface area contributed by atoms with E-state index in [2.05, 4.69) is 0 Å². The Bertz CT molecular complexity index is 668. The van der Waals surface area contributed by atoms with Crippen LogP contribution in [0.3, 0.4) is 0 Å². The molecule has 0 radical (unpaired) electrons. The zero-order valence-corrected chi connectivity index (χ0v) is 12.5. The minimum Gasteiger partial charge on any atom is -0.606 e. The highest BCUT2D eigenvalue weighted by molar-refractivity contribution is 7.91. The van der Waals surface area contributed by atoms with Crippen LogP contribution < -0.4 is 5.46 Å². The summed E-state index contributed by atoms with van der Waals surface area (Å²) in [7, 11) is -0.961. The first-order chi connectivity index (χ1) is 9.58. The minimum absolute atomic E-state index is 0.282. The maximum absolute atomic E-state index is 12.6. The number of hydrogen-bond acceptors (Lipinski definition) is 3. The van der Waals surface area contributed by atoms with Crippen LogP contribution in [0.2, 0.25) is 10.0 Å². The molecular weight excluding hydrogens is 318 g/mol. The highest BCUT2D eigenvalue weighted by Gasteiger charge is 2.30. The summed E-state index contributed by atoms with van der Waals surface area (Å²) >= 11 is 10.6. The normalized spacial score (nSPS) is 15.3. The lowest BCUT2D eigenvalue weighted by Gasteiger charge is -2.12. The Hall–Kier alpha value is -0.685. The minimum atomic E-state index is -1.46. The van der Waals surface area contributed by atoms with Gasteiger partial charge in [-0.3, -0.25) is 0 Å². The summed E-state index contributed by atoms with van der Waals surface area (Å²) in [5.41, 5.74) is 1.55. The van der Waals surface area contributed by atoms with Crippen molar-refractivity contribution in [3.8, 4) is 0 Å². The van der Waals surface area contributed by atoms with Crippen LogP contribution in [0.25, 0.3) is 0 Å². The van der Waals surface area contributed by atoms with Crippen molar-refractivity contribution < 1.29 is 14.2 Å². The summed E-state index contributed by atoms with van der Waals surface area (Å²) in [6.45, 7) is 0.362. The summed E-state index contributed by atoms with van der Waals surface area (Å²) in [6, 6.07) is 10.2. The number of hydrogen-bond donors (Lipinski definition) is 1. The van der Waals surface area contributed by atoms with E-state index >= 15 is 0 Å². The molecule has 2 aromatic carbocycles. The molecule has 0 aliphatic carbocycles. The third-order valence-corrected chi connectivity index (χ3v) is 5.46. The average molecular weight is 327 g/mol. The van der Waals surface area contributed by atoms with Gasteiger partial charge < -0.3 is 14.2 Å². The predicted molar refractivity (Wildman–Crippen MR) is 80.0 cm³/mol. The molecular formula is C13H9BCl2O3S. The second-order valence-electron chi connectivity index (χ2n) is 4.34. The molecule has 2 aromatic rings. The van der Waals surface area contributed by atoms with Crippen molar-refractivity contribution in [2.45, 2.75) is 16.4 Å². The highest BCUT2D eigenvalue weighted by atomic mass is 35.5. The molecule has 0 amide bonds. The molecule has 0 fully saturated rings. The van der Waals surface area contributed by atoms with E-state index in [0.717, 1.165) is 5.56 Å². The fourth-order valence-electron chi connectivity index (χ4n) is 2.06. The SMILES string of the molecule is [O-][S+](c1ccc2c(c1)B(O)OC2)c1cccc(Cl)c1Cl. The van der Waals surface area contributed by atoms with Crippen molar-refractivity contribution in [2.24, 2.45) is 0 Å². The molecule has 0 aromatic heterocycles. The van der Waals surface area contributed by atoms with Crippen LogP contribution in [0.15, 0.2) is 46.2 Å². The molecule has 7 heteroatoms. The Labute approximate surface area is 129 Å². The molecule has 0 saturated carbocycles. The van der Waals surface area contributed by atoms with Gasteiger partial charge in [0.15, 0.2) is 9.79 Å². The van der Waals surface area contributed by atoms with Gasteiger partial charge in [0.25, 0.3) is 0 Å².